The van der Waals surface area contributed by atoms with Crippen LogP contribution in [-0.4, -0.2) is 19.9 Å². The predicted octanol–water partition coefficient (Wildman–Crippen LogP) is 3.96. The van der Waals surface area contributed by atoms with Gasteiger partial charge in [-0.2, -0.15) is 0 Å². The highest BCUT2D eigenvalue weighted by atomic mass is 79.9. The molecule has 6 heteroatoms. The van der Waals surface area contributed by atoms with Gasteiger partial charge < -0.3 is 4.98 Å². The summed E-state index contributed by atoms with van der Waals surface area (Å²) < 4.78 is 1.37. The normalized spacial score (nSPS) is 11.6. The van der Waals surface area contributed by atoms with Crippen LogP contribution >= 0.6 is 28.1 Å². The molecule has 0 aromatic carbocycles. The van der Waals surface area contributed by atoms with Crippen molar-refractivity contribution in [3.05, 3.63) is 32.9 Å². The molecule has 0 amide bonds. The van der Waals surface area contributed by atoms with Gasteiger partial charge in [-0.25, -0.2) is 15.0 Å². The minimum Gasteiger partial charge on any atom is -0.340 e. The molecule has 0 bridgehead atoms. The first-order chi connectivity index (χ1) is 8.79. The number of H-pyrrole nitrogens is 1. The largest absolute Gasteiger partial charge is 0.340 e. The molecule has 2 rings (SSSR count). The molecular formula is C13H15BrN4S. The summed E-state index contributed by atoms with van der Waals surface area (Å²) in [6, 6.07) is 1.82. The van der Waals surface area contributed by atoms with Crippen molar-refractivity contribution in [3.8, 4) is 11.5 Å². The average molecular weight is 339 g/mol. The Morgan fingerprint density at radius 3 is 2.53 bits per heavy atom. The number of aromatic nitrogens is 4. The fourth-order valence-corrected chi connectivity index (χ4v) is 2.66. The van der Waals surface area contributed by atoms with Crippen LogP contribution in [-0.2, 0) is 5.41 Å². The number of nitrogens with zero attached hydrogens (tertiary/aromatic N) is 3. The van der Waals surface area contributed by atoms with E-state index in [1.807, 2.05) is 13.0 Å². The molecule has 0 fully saturated rings. The Kier molecular flexibility index (Phi) is 3.82. The monoisotopic (exact) mass is 338 g/mol. The molecule has 19 heavy (non-hydrogen) atoms. The average Bonchev–Trinajstić information content (AvgIpc) is 2.31. The zero-order valence-corrected chi connectivity index (χ0v) is 13.7. The molecule has 0 unspecified atom stereocenters. The number of hydrogen-bond donors (Lipinski definition) is 1. The van der Waals surface area contributed by atoms with E-state index in [1.165, 1.54) is 0 Å². The zero-order chi connectivity index (χ0) is 14.2. The first-order valence-corrected chi connectivity index (χ1v) is 7.09. The van der Waals surface area contributed by atoms with Crippen LogP contribution in [0.1, 0.15) is 32.3 Å². The molecule has 0 radical (unpaired) electrons. The smallest absolute Gasteiger partial charge is 0.158 e. The maximum Gasteiger partial charge on any atom is 0.158 e. The van der Waals surface area contributed by atoms with E-state index in [4.69, 9.17) is 12.2 Å². The van der Waals surface area contributed by atoms with Crippen molar-refractivity contribution in [2.45, 2.75) is 33.1 Å². The van der Waals surface area contributed by atoms with Crippen LogP contribution in [0, 0.1) is 11.6 Å². The Morgan fingerprint density at radius 1 is 1.26 bits per heavy atom. The highest BCUT2D eigenvalue weighted by Gasteiger charge is 2.20. The van der Waals surface area contributed by atoms with E-state index in [0.29, 0.717) is 16.3 Å². The Labute approximate surface area is 125 Å². The molecule has 0 saturated heterocycles. The molecule has 0 aliphatic heterocycles. The SMILES string of the molecule is Cc1nccc(-c2nc(=S)c(Br)c(C(C)(C)C)[nH]2)n1. The molecular weight excluding hydrogens is 324 g/mol. The van der Waals surface area contributed by atoms with E-state index >= 15 is 0 Å². The van der Waals surface area contributed by atoms with E-state index in [9.17, 15) is 0 Å². The Bertz CT molecular complexity index is 673. The summed E-state index contributed by atoms with van der Waals surface area (Å²) in [5.74, 6) is 1.38. The lowest BCUT2D eigenvalue weighted by Gasteiger charge is -2.21. The van der Waals surface area contributed by atoms with Gasteiger partial charge in [0.25, 0.3) is 0 Å². The van der Waals surface area contributed by atoms with Crippen LogP contribution in [0.3, 0.4) is 0 Å². The molecule has 4 nitrogen and oxygen atoms in total. The highest BCUT2D eigenvalue weighted by molar-refractivity contribution is 9.10. The van der Waals surface area contributed by atoms with Gasteiger partial charge in [0.1, 0.15) is 16.2 Å². The van der Waals surface area contributed by atoms with E-state index in [-0.39, 0.29) is 5.41 Å². The standard InChI is InChI=1S/C13H15BrN4S/c1-7-15-6-5-8(16-7)11-17-10(13(2,3)4)9(14)12(19)18-11/h5-6H,1-4H3,(H,17,18,19). The van der Waals surface area contributed by atoms with Gasteiger partial charge in [-0.1, -0.05) is 33.0 Å². The summed E-state index contributed by atoms with van der Waals surface area (Å²) in [5.41, 5.74) is 1.70. The lowest BCUT2D eigenvalue weighted by Crippen LogP contribution is -2.16. The quantitative estimate of drug-likeness (QED) is 0.799. The molecule has 2 aromatic rings. The van der Waals surface area contributed by atoms with Crippen LogP contribution < -0.4 is 0 Å². The maximum absolute atomic E-state index is 5.31. The second-order valence-corrected chi connectivity index (χ2v) is 6.50. The third-order valence-electron chi connectivity index (χ3n) is 2.63. The summed E-state index contributed by atoms with van der Waals surface area (Å²) >= 11 is 8.82. The Morgan fingerprint density at radius 2 is 1.95 bits per heavy atom. The molecule has 0 spiro atoms. The number of aromatic amines is 1. The molecule has 2 heterocycles. The van der Waals surface area contributed by atoms with Crippen LogP contribution in [0.5, 0.6) is 0 Å². The minimum atomic E-state index is -0.0633. The molecule has 100 valence electrons. The van der Waals surface area contributed by atoms with E-state index < -0.39 is 0 Å². The lowest BCUT2D eigenvalue weighted by molar-refractivity contribution is 0.563. The van der Waals surface area contributed by atoms with E-state index in [2.05, 4.69) is 56.6 Å². The van der Waals surface area contributed by atoms with Crippen molar-refractivity contribution in [1.29, 1.82) is 0 Å². The van der Waals surface area contributed by atoms with Crippen molar-refractivity contribution >= 4 is 28.1 Å². The Hall–Kier alpha value is -1.14. The summed E-state index contributed by atoms with van der Waals surface area (Å²) in [6.45, 7) is 8.20. The van der Waals surface area contributed by atoms with Crippen LogP contribution in [0.15, 0.2) is 16.7 Å². The molecule has 0 saturated carbocycles. The summed E-state index contributed by atoms with van der Waals surface area (Å²) in [6.07, 6.45) is 1.72. The summed E-state index contributed by atoms with van der Waals surface area (Å²) in [4.78, 5) is 16.2. The molecule has 0 atom stereocenters. The van der Waals surface area contributed by atoms with Crippen molar-refractivity contribution in [2.75, 3.05) is 0 Å². The molecule has 0 aliphatic rings. The second kappa shape index (κ2) is 5.09. The van der Waals surface area contributed by atoms with Crippen LogP contribution in [0.2, 0.25) is 0 Å². The minimum absolute atomic E-state index is 0.0633. The van der Waals surface area contributed by atoms with Gasteiger partial charge in [-0.05, 0) is 28.9 Å². The number of halogens is 1. The van der Waals surface area contributed by atoms with Crippen molar-refractivity contribution in [1.82, 2.24) is 19.9 Å². The van der Waals surface area contributed by atoms with E-state index in [0.717, 1.165) is 15.9 Å². The van der Waals surface area contributed by atoms with Crippen LogP contribution in [0.25, 0.3) is 11.5 Å². The molecule has 1 N–H and O–H groups in total. The third-order valence-corrected chi connectivity index (χ3v) is 3.96. The zero-order valence-electron chi connectivity index (χ0n) is 11.3. The maximum atomic E-state index is 5.31. The predicted molar refractivity (Wildman–Crippen MR) is 81.6 cm³/mol. The van der Waals surface area contributed by atoms with Gasteiger partial charge in [0.15, 0.2) is 5.82 Å². The number of hydrogen-bond acceptors (Lipinski definition) is 4. The second-order valence-electron chi connectivity index (χ2n) is 5.32. The van der Waals surface area contributed by atoms with Gasteiger partial charge in [0.2, 0.25) is 0 Å². The van der Waals surface area contributed by atoms with Crippen molar-refractivity contribution in [3.63, 3.8) is 0 Å². The van der Waals surface area contributed by atoms with Crippen molar-refractivity contribution in [2.24, 2.45) is 0 Å². The van der Waals surface area contributed by atoms with E-state index in [1.54, 1.807) is 6.20 Å². The van der Waals surface area contributed by atoms with Gasteiger partial charge >= 0.3 is 0 Å². The van der Waals surface area contributed by atoms with Gasteiger partial charge in [0, 0.05) is 17.3 Å². The fraction of sp³-hybridized carbons (Fsp3) is 0.385. The first kappa shape index (κ1) is 14.3. The first-order valence-electron chi connectivity index (χ1n) is 5.89. The lowest BCUT2D eigenvalue weighted by atomic mass is 9.92. The fourth-order valence-electron chi connectivity index (χ4n) is 1.68. The topological polar surface area (TPSA) is 54.5 Å². The van der Waals surface area contributed by atoms with Crippen molar-refractivity contribution < 1.29 is 0 Å². The highest BCUT2D eigenvalue weighted by Crippen LogP contribution is 2.29. The van der Waals surface area contributed by atoms with Gasteiger partial charge in [0.05, 0.1) is 4.47 Å². The number of aryl methyl sites for hydroxylation is 1. The summed E-state index contributed by atoms with van der Waals surface area (Å²) in [5, 5.41) is 0. The van der Waals surface area contributed by atoms with Gasteiger partial charge in [-0.15, -0.1) is 0 Å². The van der Waals surface area contributed by atoms with Gasteiger partial charge in [-0.3, -0.25) is 0 Å². The third kappa shape index (κ3) is 3.06. The number of rotatable bonds is 1. The Balaban J connectivity index is 2.67. The molecule has 2 aromatic heterocycles. The molecule has 0 aliphatic carbocycles. The summed E-state index contributed by atoms with van der Waals surface area (Å²) in [7, 11) is 0. The van der Waals surface area contributed by atoms with Crippen LogP contribution in [0.4, 0.5) is 0 Å². The number of nitrogens with one attached hydrogen (secondary N) is 1.